The number of carbonyl (C=O) groups excluding carboxylic acids is 4. The van der Waals surface area contributed by atoms with E-state index in [1.807, 2.05) is 58.0 Å². The van der Waals surface area contributed by atoms with Crippen LogP contribution in [0.25, 0.3) is 0 Å². The van der Waals surface area contributed by atoms with Crippen LogP contribution in [0.1, 0.15) is 64.2 Å². The Labute approximate surface area is 251 Å². The van der Waals surface area contributed by atoms with Gasteiger partial charge in [0.1, 0.15) is 12.1 Å². The molecule has 2 heterocycles. The predicted octanol–water partition coefficient (Wildman–Crippen LogP) is 4.36. The van der Waals surface area contributed by atoms with E-state index < -0.39 is 42.2 Å². The summed E-state index contributed by atoms with van der Waals surface area (Å²) in [5, 5.41) is 12.0. The van der Waals surface area contributed by atoms with Gasteiger partial charge < -0.3 is 30.7 Å². The van der Waals surface area contributed by atoms with E-state index in [4.69, 9.17) is 9.47 Å². The lowest BCUT2D eigenvalue weighted by molar-refractivity contribution is -0.170. The summed E-state index contributed by atoms with van der Waals surface area (Å²) in [6.07, 6.45) is 0.400. The van der Waals surface area contributed by atoms with Crippen LogP contribution < -0.4 is 21.3 Å². The monoisotopic (exact) mass is 596 g/mol. The molecule has 0 saturated carbocycles. The summed E-state index contributed by atoms with van der Waals surface area (Å²) in [6, 6.07) is 11.2. The molecule has 10 nitrogen and oxygen atoms in total. The van der Waals surface area contributed by atoms with Crippen molar-refractivity contribution in [2.45, 2.75) is 88.1 Å². The third-order valence-corrected chi connectivity index (χ3v) is 8.09. The van der Waals surface area contributed by atoms with Crippen molar-refractivity contribution >= 4 is 46.8 Å². The predicted molar refractivity (Wildman–Crippen MR) is 160 cm³/mol. The highest BCUT2D eigenvalue weighted by Crippen LogP contribution is 2.44. The first-order valence-corrected chi connectivity index (χ1v) is 15.2. The first-order chi connectivity index (χ1) is 20.0. The second-order valence-electron chi connectivity index (χ2n) is 11.5. The van der Waals surface area contributed by atoms with Gasteiger partial charge in [-0.3, -0.25) is 19.2 Å². The number of para-hydroxylation sites is 1. The zero-order valence-electron chi connectivity index (χ0n) is 24.7. The van der Waals surface area contributed by atoms with Crippen molar-refractivity contribution in [3.63, 3.8) is 0 Å². The molecule has 2 aromatic carbocycles. The van der Waals surface area contributed by atoms with Gasteiger partial charge in [-0.15, -0.1) is 0 Å². The van der Waals surface area contributed by atoms with Crippen molar-refractivity contribution in [1.29, 1.82) is 0 Å². The molecule has 1 unspecified atom stereocenters. The lowest BCUT2D eigenvalue weighted by Gasteiger charge is -2.27. The smallest absolute Gasteiger partial charge is 0.305 e. The average molecular weight is 597 g/mol. The van der Waals surface area contributed by atoms with E-state index in [-0.39, 0.29) is 17.7 Å². The third-order valence-electron chi connectivity index (χ3n) is 6.94. The molecule has 2 aromatic rings. The number of ether oxygens (including phenoxy) is 2. The minimum Gasteiger partial charge on any atom is -0.434 e. The van der Waals surface area contributed by atoms with Gasteiger partial charge in [0, 0.05) is 22.3 Å². The molecule has 4 rings (SSSR count). The Bertz CT molecular complexity index is 1320. The quantitative estimate of drug-likeness (QED) is 0.240. The molecule has 0 aliphatic carbocycles. The van der Waals surface area contributed by atoms with Crippen molar-refractivity contribution < 1.29 is 28.7 Å². The Hall–Kier alpha value is -3.57. The van der Waals surface area contributed by atoms with E-state index in [9.17, 15) is 19.2 Å². The Morgan fingerprint density at radius 3 is 2.29 bits per heavy atom. The van der Waals surface area contributed by atoms with Crippen LogP contribution in [0.15, 0.2) is 52.3 Å². The molecule has 4 N–H and O–H groups in total. The molecule has 0 radical (unpaired) electrons. The number of hydrogen-bond donors (Lipinski definition) is 4. The first-order valence-electron chi connectivity index (χ1n) is 14.4. The highest BCUT2D eigenvalue weighted by Gasteiger charge is 2.35. The van der Waals surface area contributed by atoms with Gasteiger partial charge in [0.25, 0.3) is 5.91 Å². The summed E-state index contributed by atoms with van der Waals surface area (Å²) in [4.78, 5) is 53.7. The fourth-order valence-corrected chi connectivity index (χ4v) is 5.94. The maximum absolute atomic E-state index is 13.5. The highest BCUT2D eigenvalue weighted by molar-refractivity contribution is 7.99. The second kappa shape index (κ2) is 14.1. The van der Waals surface area contributed by atoms with Gasteiger partial charge in [0.2, 0.25) is 18.1 Å². The number of rotatable bonds is 11. The first kappa shape index (κ1) is 31.4. The maximum Gasteiger partial charge on any atom is 0.305 e. The molecule has 2 aliphatic rings. The number of anilines is 2. The zero-order valence-corrected chi connectivity index (χ0v) is 25.5. The van der Waals surface area contributed by atoms with Gasteiger partial charge >= 0.3 is 5.97 Å². The number of esters is 1. The lowest BCUT2D eigenvalue weighted by atomic mass is 9.99. The van der Waals surface area contributed by atoms with Crippen LogP contribution in [0, 0.1) is 11.8 Å². The van der Waals surface area contributed by atoms with Crippen LogP contribution in [-0.4, -0.2) is 54.7 Å². The van der Waals surface area contributed by atoms with Crippen molar-refractivity contribution in [1.82, 2.24) is 16.0 Å². The topological polar surface area (TPSA) is 135 Å². The van der Waals surface area contributed by atoms with Gasteiger partial charge in [-0.25, -0.2) is 0 Å². The van der Waals surface area contributed by atoms with Gasteiger partial charge in [-0.2, -0.15) is 0 Å². The van der Waals surface area contributed by atoms with Gasteiger partial charge in [0.15, 0.2) is 0 Å². The standard InChI is InChI=1S/C31H40N4O6S/c1-17(2)14-24(34-28(37)20-10-11-27-23(16-20)32-21-8-6-7-9-26(21)42-27)30(39)35-25(15-18(3)4)29(38)33-22-12-13-40-31(22)41-19(5)36/h6-11,16-18,22,24-25,31-32H,12-15H2,1-5H3,(H,33,38)(H,34,37)(H,35,39)/t22-,24-,25-,31?/m0/s1. The molecule has 3 amide bonds. The zero-order chi connectivity index (χ0) is 30.4. The summed E-state index contributed by atoms with van der Waals surface area (Å²) in [7, 11) is 0. The molecular weight excluding hydrogens is 556 g/mol. The Balaban J connectivity index is 1.44. The largest absolute Gasteiger partial charge is 0.434 e. The second-order valence-corrected chi connectivity index (χ2v) is 12.6. The summed E-state index contributed by atoms with van der Waals surface area (Å²) >= 11 is 1.63. The number of nitrogens with one attached hydrogen (secondary N) is 4. The van der Waals surface area contributed by atoms with Crippen molar-refractivity contribution in [2.75, 3.05) is 11.9 Å². The molecule has 4 atom stereocenters. The Morgan fingerprint density at radius 2 is 1.60 bits per heavy atom. The molecule has 226 valence electrons. The molecule has 2 aliphatic heterocycles. The molecule has 42 heavy (non-hydrogen) atoms. The molecule has 1 fully saturated rings. The van der Waals surface area contributed by atoms with E-state index >= 15 is 0 Å². The van der Waals surface area contributed by atoms with E-state index in [1.54, 1.807) is 23.9 Å². The minimum absolute atomic E-state index is 0.106. The van der Waals surface area contributed by atoms with Gasteiger partial charge in [0.05, 0.1) is 24.0 Å². The van der Waals surface area contributed by atoms with Crippen molar-refractivity contribution in [3.05, 3.63) is 48.0 Å². The Kier molecular flexibility index (Phi) is 10.5. The molecule has 0 bridgehead atoms. The molecule has 0 aromatic heterocycles. The third kappa shape index (κ3) is 8.25. The van der Waals surface area contributed by atoms with Gasteiger partial charge in [-0.1, -0.05) is 51.6 Å². The number of hydrogen-bond acceptors (Lipinski definition) is 8. The number of amides is 3. The fourth-order valence-electron chi connectivity index (χ4n) is 4.97. The lowest BCUT2D eigenvalue weighted by Crippen LogP contribution is -2.56. The molecule has 1 saturated heterocycles. The fraction of sp³-hybridized carbons (Fsp3) is 0.484. The molecular formula is C31H40N4O6S. The maximum atomic E-state index is 13.5. The van der Waals surface area contributed by atoms with E-state index in [2.05, 4.69) is 21.3 Å². The normalized spacial score (nSPS) is 18.7. The summed E-state index contributed by atoms with van der Waals surface area (Å²) < 4.78 is 10.6. The SMILES string of the molecule is CC(=O)OC1OCC[C@@H]1NC(=O)[C@H](CC(C)C)NC(=O)[C@H](CC(C)C)NC(=O)c1ccc2c(c1)Nc1ccccc1S2. The average Bonchev–Trinajstić information content (AvgIpc) is 3.35. The molecule has 0 spiro atoms. The van der Waals surface area contributed by atoms with Crippen LogP contribution in [-0.2, 0) is 23.9 Å². The highest BCUT2D eigenvalue weighted by atomic mass is 32.2. The van der Waals surface area contributed by atoms with Crippen molar-refractivity contribution in [2.24, 2.45) is 11.8 Å². The number of carbonyl (C=O) groups is 4. The summed E-state index contributed by atoms with van der Waals surface area (Å²) in [5.41, 5.74) is 2.23. The van der Waals surface area contributed by atoms with Crippen LogP contribution in [0.2, 0.25) is 0 Å². The van der Waals surface area contributed by atoms with Crippen LogP contribution in [0.4, 0.5) is 11.4 Å². The van der Waals surface area contributed by atoms with Crippen LogP contribution >= 0.6 is 11.8 Å². The number of benzene rings is 2. The van der Waals surface area contributed by atoms with Gasteiger partial charge in [-0.05, 0) is 61.4 Å². The van der Waals surface area contributed by atoms with E-state index in [1.165, 1.54) is 6.92 Å². The molecule has 11 heteroatoms. The Morgan fingerprint density at radius 1 is 0.929 bits per heavy atom. The van der Waals surface area contributed by atoms with E-state index in [0.29, 0.717) is 31.4 Å². The number of fused-ring (bicyclic) bond motifs is 2. The van der Waals surface area contributed by atoms with Crippen molar-refractivity contribution in [3.8, 4) is 0 Å². The summed E-state index contributed by atoms with van der Waals surface area (Å²) in [5.74, 6) is -1.48. The minimum atomic E-state index is -0.868. The van der Waals surface area contributed by atoms with E-state index in [0.717, 1.165) is 21.2 Å². The summed E-state index contributed by atoms with van der Waals surface area (Å²) in [6.45, 7) is 9.48. The van der Waals surface area contributed by atoms with Crippen LogP contribution in [0.3, 0.4) is 0 Å². The van der Waals surface area contributed by atoms with Crippen LogP contribution in [0.5, 0.6) is 0 Å².